The van der Waals surface area contributed by atoms with Crippen molar-refractivity contribution in [2.24, 2.45) is 11.8 Å². The van der Waals surface area contributed by atoms with Gasteiger partial charge in [-0.1, -0.05) is 12.1 Å². The van der Waals surface area contributed by atoms with Crippen molar-refractivity contribution in [3.8, 4) is 6.07 Å². The van der Waals surface area contributed by atoms with Crippen molar-refractivity contribution in [3.05, 3.63) is 65.0 Å². The molecule has 236 valence electrons. The van der Waals surface area contributed by atoms with E-state index in [0.717, 1.165) is 0 Å². The number of carbonyl (C=O) groups excluding carboxylic acids is 2. The van der Waals surface area contributed by atoms with E-state index in [1.54, 1.807) is 0 Å². The molecular formula is C29H27F8N5O2. The zero-order chi connectivity index (χ0) is 32.4. The maximum Gasteiger partial charge on any atom is 0.400 e. The summed E-state index contributed by atoms with van der Waals surface area (Å²) in [4.78, 5) is 32.8. The second-order valence-electron chi connectivity index (χ2n) is 10.9. The molecule has 0 spiro atoms. The molecule has 0 unspecified atom stereocenters. The van der Waals surface area contributed by atoms with Gasteiger partial charge in [0.25, 0.3) is 5.91 Å². The predicted molar refractivity (Wildman–Crippen MR) is 141 cm³/mol. The summed E-state index contributed by atoms with van der Waals surface area (Å²) < 4.78 is 105. The van der Waals surface area contributed by atoms with Gasteiger partial charge in [-0.05, 0) is 61.6 Å². The highest BCUT2D eigenvalue weighted by Gasteiger charge is 2.57. The van der Waals surface area contributed by atoms with Crippen LogP contribution in [0.4, 0.5) is 35.1 Å². The Bertz CT molecular complexity index is 1540. The van der Waals surface area contributed by atoms with Crippen LogP contribution in [-0.2, 0) is 4.79 Å². The molecule has 1 aliphatic rings. The molecule has 1 heterocycles. The van der Waals surface area contributed by atoms with Crippen LogP contribution in [0.25, 0.3) is 11.0 Å². The summed E-state index contributed by atoms with van der Waals surface area (Å²) in [5, 5.41) is 14.2. The maximum atomic E-state index is 13.9. The predicted octanol–water partition coefficient (Wildman–Crippen LogP) is 7.04. The van der Waals surface area contributed by atoms with Crippen LogP contribution >= 0.6 is 0 Å². The number of fused-ring (bicyclic) bond motifs is 1. The smallest absolute Gasteiger partial charge is 0.350 e. The molecule has 3 N–H and O–H groups in total. The lowest BCUT2D eigenvalue weighted by molar-refractivity contribution is -0.284. The number of benzene rings is 2. The molecule has 1 aromatic heterocycles. The van der Waals surface area contributed by atoms with E-state index in [-0.39, 0.29) is 42.6 Å². The Morgan fingerprint density at radius 2 is 1.70 bits per heavy atom. The molecule has 2 atom stereocenters. The first-order valence-electron chi connectivity index (χ1n) is 13.6. The van der Waals surface area contributed by atoms with Gasteiger partial charge in [-0.2, -0.15) is 31.6 Å². The minimum atomic E-state index is -5.65. The van der Waals surface area contributed by atoms with Gasteiger partial charge in [0, 0.05) is 24.8 Å². The van der Waals surface area contributed by atoms with E-state index in [9.17, 15) is 44.7 Å². The second-order valence-corrected chi connectivity index (χ2v) is 10.9. The number of halogens is 8. The number of hydrogen-bond donors (Lipinski definition) is 3. The molecule has 3 aromatic rings. The largest absolute Gasteiger partial charge is 0.400 e. The Labute approximate surface area is 246 Å². The van der Waals surface area contributed by atoms with Crippen LogP contribution in [0.15, 0.2) is 42.5 Å². The third kappa shape index (κ3) is 7.83. The lowest BCUT2D eigenvalue weighted by Gasteiger charge is -2.33. The minimum absolute atomic E-state index is 0.0817. The van der Waals surface area contributed by atoms with E-state index < -0.39 is 60.4 Å². The molecule has 0 radical (unpaired) electrons. The highest BCUT2D eigenvalue weighted by atomic mass is 19.4. The summed E-state index contributed by atoms with van der Waals surface area (Å²) in [5.74, 6) is -8.83. The number of amides is 2. The Kier molecular flexibility index (Phi) is 9.22. The minimum Gasteiger partial charge on any atom is -0.350 e. The van der Waals surface area contributed by atoms with Crippen LogP contribution in [0.5, 0.6) is 0 Å². The fourth-order valence-corrected chi connectivity index (χ4v) is 5.21. The quantitative estimate of drug-likeness (QED) is 0.232. The fraction of sp³-hybridized carbons (Fsp3) is 0.448. The van der Waals surface area contributed by atoms with Gasteiger partial charge in [0.1, 0.15) is 5.82 Å². The average Bonchev–Trinajstić information content (AvgIpc) is 3.37. The van der Waals surface area contributed by atoms with E-state index in [1.807, 2.05) is 6.07 Å². The Hall–Kier alpha value is -4.22. The number of nitriles is 1. The molecule has 4 rings (SSSR count). The van der Waals surface area contributed by atoms with Crippen molar-refractivity contribution in [3.63, 3.8) is 0 Å². The van der Waals surface area contributed by atoms with E-state index in [1.165, 1.54) is 49.4 Å². The van der Waals surface area contributed by atoms with Gasteiger partial charge in [-0.25, -0.2) is 13.8 Å². The number of carbonyl (C=O) groups is 2. The highest BCUT2D eigenvalue weighted by molar-refractivity contribution is 5.94. The van der Waals surface area contributed by atoms with E-state index in [4.69, 9.17) is 5.26 Å². The summed E-state index contributed by atoms with van der Waals surface area (Å²) in [6.07, 6.45) is -13.7. The van der Waals surface area contributed by atoms with Crippen molar-refractivity contribution in [1.82, 2.24) is 20.6 Å². The van der Waals surface area contributed by atoms with Crippen LogP contribution in [0, 0.1) is 23.2 Å². The Morgan fingerprint density at radius 3 is 2.32 bits per heavy atom. The van der Waals surface area contributed by atoms with Crippen molar-refractivity contribution in [1.29, 1.82) is 5.26 Å². The van der Waals surface area contributed by atoms with Gasteiger partial charge in [0.05, 0.1) is 34.7 Å². The van der Waals surface area contributed by atoms with Crippen LogP contribution in [0.2, 0.25) is 0 Å². The van der Waals surface area contributed by atoms with Crippen molar-refractivity contribution >= 4 is 22.8 Å². The number of H-pyrrole nitrogens is 1. The normalized spacial score (nSPS) is 17.2. The van der Waals surface area contributed by atoms with Gasteiger partial charge in [0.15, 0.2) is 5.92 Å². The Balaban J connectivity index is 1.56. The number of hydrogen-bond acceptors (Lipinski definition) is 4. The van der Waals surface area contributed by atoms with Crippen molar-refractivity contribution in [2.75, 3.05) is 0 Å². The Morgan fingerprint density at radius 1 is 1.05 bits per heavy atom. The van der Waals surface area contributed by atoms with E-state index >= 15 is 0 Å². The molecule has 0 saturated heterocycles. The number of aromatic nitrogens is 2. The molecule has 1 aliphatic carbocycles. The van der Waals surface area contributed by atoms with Gasteiger partial charge in [-0.3, -0.25) is 9.59 Å². The molecule has 1 fully saturated rings. The summed E-state index contributed by atoms with van der Waals surface area (Å²) in [7, 11) is 0. The number of nitrogens with zero attached hydrogens (tertiary/aromatic N) is 2. The first kappa shape index (κ1) is 32.7. The van der Waals surface area contributed by atoms with Crippen LogP contribution in [0.3, 0.4) is 0 Å². The number of alkyl halides is 8. The van der Waals surface area contributed by atoms with Crippen molar-refractivity contribution < 1.29 is 44.7 Å². The zero-order valence-corrected chi connectivity index (χ0v) is 23.1. The molecule has 2 amide bonds. The van der Waals surface area contributed by atoms with Crippen LogP contribution in [0.1, 0.15) is 78.4 Å². The van der Waals surface area contributed by atoms with Crippen LogP contribution in [-0.4, -0.2) is 40.1 Å². The SMILES string of the molecule is C[C@@H](NC(=O)CC(C(F)(F)F)C(F)(F)F)c1ccc2nc([C@@H](NC(=O)c3cccc(C#N)c3)C3CCC(F)(F)CC3)[nH]c2c1. The van der Waals surface area contributed by atoms with Gasteiger partial charge < -0.3 is 15.6 Å². The molecule has 15 heteroatoms. The maximum absolute atomic E-state index is 13.9. The number of nitrogens with one attached hydrogen (secondary N) is 3. The van der Waals surface area contributed by atoms with Gasteiger partial charge in [0.2, 0.25) is 11.8 Å². The van der Waals surface area contributed by atoms with Gasteiger partial charge >= 0.3 is 12.4 Å². The number of rotatable bonds is 8. The summed E-state index contributed by atoms with van der Waals surface area (Å²) in [6.45, 7) is 1.38. The third-order valence-electron chi connectivity index (χ3n) is 7.65. The molecule has 0 bridgehead atoms. The summed E-state index contributed by atoms with van der Waals surface area (Å²) >= 11 is 0. The zero-order valence-electron chi connectivity index (χ0n) is 23.1. The number of imidazole rings is 1. The first-order chi connectivity index (χ1) is 20.5. The van der Waals surface area contributed by atoms with Gasteiger partial charge in [-0.15, -0.1) is 0 Å². The topological polar surface area (TPSA) is 111 Å². The van der Waals surface area contributed by atoms with E-state index in [0.29, 0.717) is 16.6 Å². The molecular weight excluding hydrogens is 602 g/mol. The average molecular weight is 630 g/mol. The lowest BCUT2D eigenvalue weighted by atomic mass is 9.81. The highest BCUT2D eigenvalue weighted by Crippen LogP contribution is 2.42. The third-order valence-corrected chi connectivity index (χ3v) is 7.65. The molecule has 44 heavy (non-hydrogen) atoms. The summed E-state index contributed by atoms with van der Waals surface area (Å²) in [5.41, 5.74) is 1.51. The molecule has 7 nitrogen and oxygen atoms in total. The molecule has 2 aromatic carbocycles. The first-order valence-corrected chi connectivity index (χ1v) is 13.6. The lowest BCUT2D eigenvalue weighted by Crippen LogP contribution is -2.41. The van der Waals surface area contributed by atoms with E-state index in [2.05, 4.69) is 20.6 Å². The summed E-state index contributed by atoms with van der Waals surface area (Å²) in [6, 6.07) is 10.5. The van der Waals surface area contributed by atoms with Crippen LogP contribution < -0.4 is 10.6 Å². The molecule has 0 aliphatic heterocycles. The fourth-order valence-electron chi connectivity index (χ4n) is 5.21. The van der Waals surface area contributed by atoms with Crippen molar-refractivity contribution in [2.45, 2.75) is 69.4 Å². The number of aromatic amines is 1. The molecule has 1 saturated carbocycles. The standard InChI is InChI=1S/C29H27F8N5O2/c1-15(39-23(43)13-22(28(32,33)34)29(35,36)37)18-5-6-20-21(12-18)41-25(40-20)24(17-7-9-27(30,31)10-8-17)42-26(44)19-4-2-3-16(11-19)14-38/h2-6,11-12,15,17,22,24H,7-10,13H2,1H3,(H,39,43)(H,40,41)(H,42,44)/t15-,24+/m1/s1. The second kappa shape index (κ2) is 12.4. The monoisotopic (exact) mass is 629 g/mol.